The van der Waals surface area contributed by atoms with Crippen molar-refractivity contribution in [3.63, 3.8) is 0 Å². The Morgan fingerprint density at radius 3 is 2.00 bits per heavy atom. The fraction of sp³-hybridized carbons (Fsp3) is 0.400. The van der Waals surface area contributed by atoms with Gasteiger partial charge in [0.25, 0.3) is 0 Å². The number of hydrogen-bond donors (Lipinski definition) is 1. The summed E-state index contributed by atoms with van der Waals surface area (Å²) in [5.41, 5.74) is 5.98. The number of amides is 1. The van der Waals surface area contributed by atoms with Gasteiger partial charge in [0.15, 0.2) is 0 Å². The van der Waals surface area contributed by atoms with Crippen LogP contribution in [-0.2, 0) is 4.79 Å². The minimum absolute atomic E-state index is 0. The minimum atomic E-state index is -0.481. The second-order valence-corrected chi connectivity index (χ2v) is 5.06. The highest BCUT2D eigenvalue weighted by atomic mass is 35.5. The summed E-state index contributed by atoms with van der Waals surface area (Å²) in [6.45, 7) is 5.34. The van der Waals surface area contributed by atoms with Gasteiger partial charge in [0.1, 0.15) is 6.04 Å². The van der Waals surface area contributed by atoms with Gasteiger partial charge in [0, 0.05) is 12.0 Å². The van der Waals surface area contributed by atoms with Gasteiger partial charge in [0.05, 0.1) is 21.1 Å². The Bertz CT molecular complexity index is 371. The van der Waals surface area contributed by atoms with Crippen LogP contribution in [0.2, 0.25) is 0 Å². The summed E-state index contributed by atoms with van der Waals surface area (Å²) in [5, 5.41) is 0. The van der Waals surface area contributed by atoms with Crippen LogP contribution in [0.3, 0.4) is 0 Å². The van der Waals surface area contributed by atoms with E-state index in [-0.39, 0.29) is 12.4 Å². The molecule has 0 saturated heterocycles. The van der Waals surface area contributed by atoms with Crippen molar-refractivity contribution in [2.75, 3.05) is 21.1 Å². The van der Waals surface area contributed by atoms with Crippen LogP contribution in [0, 0.1) is 0 Å². The standard InChI is InChI=1S/C12H20N.C3H5NO.ClH/c1-5-12(13(2,3)4)11-9-7-6-8-10-11;1-2-3(4)5;/h6-10,12H,5H2,1-4H3;2H,1H2,(H2,4,5);1H/q+1;;/p-1. The molecule has 1 aromatic rings. The second-order valence-electron chi connectivity index (χ2n) is 5.06. The first-order valence-corrected chi connectivity index (χ1v) is 6.10. The molecule has 1 rings (SSSR count). The number of carbonyl (C=O) groups excluding carboxylic acids is 1. The molecule has 0 aromatic heterocycles. The molecule has 0 spiro atoms. The minimum Gasteiger partial charge on any atom is -1.00 e. The van der Waals surface area contributed by atoms with Crippen molar-refractivity contribution in [1.82, 2.24) is 0 Å². The van der Waals surface area contributed by atoms with E-state index in [0.29, 0.717) is 6.04 Å². The Morgan fingerprint density at radius 2 is 1.74 bits per heavy atom. The number of primary amides is 1. The fourth-order valence-electron chi connectivity index (χ4n) is 1.91. The maximum Gasteiger partial charge on any atom is 0.240 e. The molecule has 0 bridgehead atoms. The van der Waals surface area contributed by atoms with Crippen LogP contribution in [0.25, 0.3) is 0 Å². The van der Waals surface area contributed by atoms with E-state index in [2.05, 4.69) is 70.7 Å². The molecule has 0 aliphatic rings. The van der Waals surface area contributed by atoms with E-state index in [0.717, 1.165) is 10.6 Å². The van der Waals surface area contributed by atoms with Gasteiger partial charge < -0.3 is 22.6 Å². The van der Waals surface area contributed by atoms with Crippen molar-refractivity contribution in [2.45, 2.75) is 19.4 Å². The molecule has 19 heavy (non-hydrogen) atoms. The highest BCUT2D eigenvalue weighted by Gasteiger charge is 2.22. The predicted molar refractivity (Wildman–Crippen MR) is 76.9 cm³/mol. The number of nitrogens with zero attached hydrogens (tertiary/aromatic N) is 1. The lowest BCUT2D eigenvalue weighted by molar-refractivity contribution is -0.902. The first-order valence-electron chi connectivity index (χ1n) is 6.10. The topological polar surface area (TPSA) is 43.1 Å². The monoisotopic (exact) mass is 284 g/mol. The number of halogens is 1. The average Bonchev–Trinajstić information content (AvgIpc) is 2.30. The van der Waals surface area contributed by atoms with Gasteiger partial charge >= 0.3 is 0 Å². The zero-order valence-corrected chi connectivity index (χ0v) is 13.0. The maximum atomic E-state index is 9.47. The molecule has 0 heterocycles. The molecule has 0 radical (unpaired) electrons. The molecule has 1 unspecified atom stereocenters. The number of nitrogens with two attached hydrogens (primary N) is 1. The van der Waals surface area contributed by atoms with Crippen LogP contribution in [0.5, 0.6) is 0 Å². The molecular weight excluding hydrogens is 260 g/mol. The van der Waals surface area contributed by atoms with Crippen molar-refractivity contribution in [1.29, 1.82) is 0 Å². The number of carbonyl (C=O) groups is 1. The molecule has 1 aromatic carbocycles. The molecule has 1 amide bonds. The molecule has 0 aliphatic carbocycles. The molecule has 108 valence electrons. The summed E-state index contributed by atoms with van der Waals surface area (Å²) < 4.78 is 1.00. The van der Waals surface area contributed by atoms with Crippen molar-refractivity contribution in [2.24, 2.45) is 5.73 Å². The molecule has 1 atom stereocenters. The smallest absolute Gasteiger partial charge is 0.240 e. The molecule has 0 aliphatic heterocycles. The van der Waals surface area contributed by atoms with Crippen LogP contribution in [-0.4, -0.2) is 31.5 Å². The molecule has 4 heteroatoms. The maximum absolute atomic E-state index is 9.47. The molecule has 3 nitrogen and oxygen atoms in total. The van der Waals surface area contributed by atoms with Crippen LogP contribution in [0.4, 0.5) is 0 Å². The van der Waals surface area contributed by atoms with Gasteiger partial charge in [-0.15, -0.1) is 0 Å². The number of hydrogen-bond acceptors (Lipinski definition) is 1. The van der Waals surface area contributed by atoms with Crippen LogP contribution in [0.1, 0.15) is 24.9 Å². The van der Waals surface area contributed by atoms with Gasteiger partial charge in [0.2, 0.25) is 5.91 Å². The van der Waals surface area contributed by atoms with Crippen LogP contribution in [0.15, 0.2) is 43.0 Å². The van der Waals surface area contributed by atoms with Crippen molar-refractivity contribution >= 4 is 5.91 Å². The van der Waals surface area contributed by atoms with Gasteiger partial charge in [-0.1, -0.05) is 43.8 Å². The summed E-state index contributed by atoms with van der Waals surface area (Å²) in [4.78, 5) is 9.47. The van der Waals surface area contributed by atoms with E-state index in [1.807, 2.05) is 0 Å². The third-order valence-corrected chi connectivity index (χ3v) is 2.71. The summed E-state index contributed by atoms with van der Waals surface area (Å²) in [6.07, 6.45) is 2.24. The second kappa shape index (κ2) is 9.59. The summed E-state index contributed by atoms with van der Waals surface area (Å²) in [5.74, 6) is -0.481. The molecule has 0 fully saturated rings. The summed E-state index contributed by atoms with van der Waals surface area (Å²) in [6, 6.07) is 11.4. The molecule has 2 N–H and O–H groups in total. The van der Waals surface area contributed by atoms with Crippen molar-refractivity contribution in [3.8, 4) is 0 Å². The zero-order valence-electron chi connectivity index (χ0n) is 12.3. The Balaban J connectivity index is 0. The Kier molecular flexibility index (Phi) is 10.1. The SMILES string of the molecule is C=CC(N)=O.CCC(c1ccccc1)[N+](C)(C)C.[Cl-]. The highest BCUT2D eigenvalue weighted by Crippen LogP contribution is 2.25. The normalized spacial score (nSPS) is 11.4. The van der Waals surface area contributed by atoms with E-state index in [9.17, 15) is 4.79 Å². The Morgan fingerprint density at radius 1 is 1.32 bits per heavy atom. The summed E-state index contributed by atoms with van der Waals surface area (Å²) >= 11 is 0. The van der Waals surface area contributed by atoms with E-state index in [1.54, 1.807) is 0 Å². The van der Waals surface area contributed by atoms with E-state index >= 15 is 0 Å². The zero-order chi connectivity index (χ0) is 14.2. The number of benzene rings is 1. The Labute approximate surface area is 123 Å². The quantitative estimate of drug-likeness (QED) is 0.588. The van der Waals surface area contributed by atoms with Crippen LogP contribution >= 0.6 is 0 Å². The van der Waals surface area contributed by atoms with Gasteiger partial charge in [-0.3, -0.25) is 4.79 Å². The lowest BCUT2D eigenvalue weighted by atomic mass is 10.0. The first-order chi connectivity index (χ1) is 8.32. The number of rotatable bonds is 4. The largest absolute Gasteiger partial charge is 1.00 e. The summed E-state index contributed by atoms with van der Waals surface area (Å²) in [7, 11) is 6.75. The number of quaternary nitrogens is 1. The highest BCUT2D eigenvalue weighted by molar-refractivity contribution is 5.84. The predicted octanol–water partition coefficient (Wildman–Crippen LogP) is -0.494. The van der Waals surface area contributed by atoms with Gasteiger partial charge in [-0.25, -0.2) is 0 Å². The van der Waals surface area contributed by atoms with E-state index < -0.39 is 5.91 Å². The third-order valence-electron chi connectivity index (χ3n) is 2.71. The van der Waals surface area contributed by atoms with Gasteiger partial charge in [-0.2, -0.15) is 0 Å². The van der Waals surface area contributed by atoms with Crippen LogP contribution < -0.4 is 18.1 Å². The molecular formula is C15H25ClN2O. The lowest BCUT2D eigenvalue weighted by Crippen LogP contribution is -3.00. The van der Waals surface area contributed by atoms with Gasteiger partial charge in [-0.05, 0) is 6.08 Å². The average molecular weight is 285 g/mol. The third kappa shape index (κ3) is 8.41. The fourth-order valence-corrected chi connectivity index (χ4v) is 1.91. The van der Waals surface area contributed by atoms with E-state index in [1.165, 1.54) is 12.0 Å². The van der Waals surface area contributed by atoms with Crippen molar-refractivity contribution < 1.29 is 21.7 Å². The van der Waals surface area contributed by atoms with Crippen molar-refractivity contribution in [3.05, 3.63) is 48.6 Å². The first kappa shape index (κ1) is 20.0. The molecule has 0 saturated carbocycles. The van der Waals surface area contributed by atoms with E-state index in [4.69, 9.17) is 0 Å². The lowest BCUT2D eigenvalue weighted by Gasteiger charge is -2.33. The Hall–Kier alpha value is -1.32.